The van der Waals surface area contributed by atoms with E-state index in [1.54, 1.807) is 11.1 Å². The van der Waals surface area contributed by atoms with E-state index < -0.39 is 8.07 Å². The van der Waals surface area contributed by atoms with Crippen LogP contribution in [-0.4, -0.2) is 8.07 Å². The van der Waals surface area contributed by atoms with Crippen molar-refractivity contribution in [3.63, 3.8) is 0 Å². The predicted molar refractivity (Wildman–Crippen MR) is 103 cm³/mol. The molecule has 2 rings (SSSR count). The van der Waals surface area contributed by atoms with E-state index in [9.17, 15) is 0 Å². The summed E-state index contributed by atoms with van der Waals surface area (Å²) in [7, 11) is -0.968. The van der Waals surface area contributed by atoms with Crippen molar-refractivity contribution in [3.8, 4) is 0 Å². The number of hydrogen-bond acceptors (Lipinski definition) is 0. The highest BCUT2D eigenvalue weighted by Gasteiger charge is 2.32. The van der Waals surface area contributed by atoms with Crippen LogP contribution in [0.2, 0.25) is 25.7 Å². The molecule has 1 aromatic rings. The van der Waals surface area contributed by atoms with Gasteiger partial charge < -0.3 is 0 Å². The summed E-state index contributed by atoms with van der Waals surface area (Å²) in [4.78, 5) is 0. The van der Waals surface area contributed by atoms with Gasteiger partial charge in [0.2, 0.25) is 0 Å². The zero-order valence-electron chi connectivity index (χ0n) is 15.3. The van der Waals surface area contributed by atoms with E-state index in [0.717, 1.165) is 11.8 Å². The number of unbranched alkanes of at least 4 members (excludes halogenated alkanes) is 4. The Hall–Kier alpha value is -0.563. The lowest BCUT2D eigenvalue weighted by Crippen LogP contribution is -2.30. The summed E-state index contributed by atoms with van der Waals surface area (Å²) in [6, 6.07) is 10.8. The van der Waals surface area contributed by atoms with Gasteiger partial charge in [0.1, 0.15) is 0 Å². The molecule has 124 valence electrons. The van der Waals surface area contributed by atoms with Crippen LogP contribution in [0.1, 0.15) is 68.9 Å². The molecule has 2 atom stereocenters. The molecule has 1 aliphatic rings. The molecule has 1 aliphatic carbocycles. The number of benzene rings is 1. The van der Waals surface area contributed by atoms with Crippen LogP contribution >= 0.6 is 0 Å². The lowest BCUT2D eigenvalue weighted by atomic mass is 9.73. The summed E-state index contributed by atoms with van der Waals surface area (Å²) in [5.41, 5.74) is 3.35. The average molecular weight is 317 g/mol. The third-order valence-electron chi connectivity index (χ3n) is 5.30. The van der Waals surface area contributed by atoms with Crippen molar-refractivity contribution in [1.82, 2.24) is 0 Å². The van der Waals surface area contributed by atoms with Crippen molar-refractivity contribution in [3.05, 3.63) is 35.4 Å². The van der Waals surface area contributed by atoms with E-state index in [-0.39, 0.29) is 0 Å². The molecule has 1 aromatic carbocycles. The zero-order chi connectivity index (χ0) is 16.0. The zero-order valence-corrected chi connectivity index (χ0v) is 16.3. The highest BCUT2D eigenvalue weighted by Crippen LogP contribution is 2.43. The summed E-state index contributed by atoms with van der Waals surface area (Å²) in [6.45, 7) is 9.95. The summed E-state index contributed by atoms with van der Waals surface area (Å²) in [5.74, 6) is 1.80. The molecule has 22 heavy (non-hydrogen) atoms. The second-order valence-electron chi connectivity index (χ2n) is 8.57. The second kappa shape index (κ2) is 8.33. The smallest absolute Gasteiger partial charge is 0.0445 e. The number of fused-ring (bicyclic) bond motifs is 1. The van der Waals surface area contributed by atoms with Crippen molar-refractivity contribution >= 4 is 8.07 Å². The maximum absolute atomic E-state index is 2.55. The molecular weight excluding hydrogens is 280 g/mol. The van der Waals surface area contributed by atoms with Gasteiger partial charge in [0.05, 0.1) is 0 Å². The first kappa shape index (κ1) is 17.8. The third kappa shape index (κ3) is 5.26. The molecule has 0 saturated carbocycles. The molecular formula is C21H36Si. The molecule has 1 heteroatoms. The van der Waals surface area contributed by atoms with E-state index in [1.165, 1.54) is 57.4 Å². The lowest BCUT2D eigenvalue weighted by molar-refractivity contribution is 0.368. The van der Waals surface area contributed by atoms with Crippen molar-refractivity contribution in [2.24, 2.45) is 5.92 Å². The molecule has 0 heterocycles. The Kier molecular flexibility index (Phi) is 6.74. The van der Waals surface area contributed by atoms with Gasteiger partial charge in [0.25, 0.3) is 0 Å². The van der Waals surface area contributed by atoms with E-state index >= 15 is 0 Å². The first-order valence-corrected chi connectivity index (χ1v) is 13.3. The van der Waals surface area contributed by atoms with E-state index in [4.69, 9.17) is 0 Å². The molecule has 0 aliphatic heterocycles. The topological polar surface area (TPSA) is 0 Å². The largest absolute Gasteiger partial charge is 0.0695 e. The van der Waals surface area contributed by atoms with E-state index in [2.05, 4.69) is 50.8 Å². The Morgan fingerprint density at radius 2 is 1.73 bits per heavy atom. The summed E-state index contributed by atoms with van der Waals surface area (Å²) in [6.07, 6.45) is 11.2. The minimum atomic E-state index is -0.968. The molecule has 0 nitrogen and oxygen atoms in total. The normalized spacial score (nSPS) is 21.6. The average Bonchev–Trinajstić information content (AvgIpc) is 2.47. The third-order valence-corrected chi connectivity index (χ3v) is 7.05. The molecule has 0 N–H and O–H groups in total. The van der Waals surface area contributed by atoms with Crippen molar-refractivity contribution in [1.29, 1.82) is 0 Å². The quantitative estimate of drug-likeness (QED) is 0.356. The molecule has 0 unspecified atom stereocenters. The minimum absolute atomic E-state index is 0.846. The Balaban J connectivity index is 2.04. The second-order valence-corrected chi connectivity index (χ2v) is 14.1. The summed E-state index contributed by atoms with van der Waals surface area (Å²) >= 11 is 0. The van der Waals surface area contributed by atoms with Crippen LogP contribution in [0.4, 0.5) is 0 Å². The standard InChI is InChI=1S/C21H36Si/c1-5-6-7-8-9-13-21-19(17-22(2,3)4)16-15-18-12-10-11-14-20(18)21/h10-12,14,19,21H,5-9,13,15-17H2,1-4H3/t19-,21-/m0/s1. The van der Waals surface area contributed by atoms with Gasteiger partial charge in [-0.15, -0.1) is 0 Å². The summed E-state index contributed by atoms with van der Waals surface area (Å²) in [5, 5.41) is 0. The molecule has 0 saturated heterocycles. The fourth-order valence-electron chi connectivity index (χ4n) is 4.31. The van der Waals surface area contributed by atoms with Crippen LogP contribution < -0.4 is 0 Å². The van der Waals surface area contributed by atoms with E-state index in [0.29, 0.717) is 0 Å². The van der Waals surface area contributed by atoms with Crippen LogP contribution in [0, 0.1) is 5.92 Å². The Bertz CT molecular complexity index is 443. The number of aryl methyl sites for hydroxylation is 1. The van der Waals surface area contributed by atoms with Gasteiger partial charge in [-0.25, -0.2) is 0 Å². The molecule has 0 fully saturated rings. The number of rotatable bonds is 8. The first-order chi connectivity index (χ1) is 10.5. The minimum Gasteiger partial charge on any atom is -0.0695 e. The van der Waals surface area contributed by atoms with Crippen LogP contribution in [0.25, 0.3) is 0 Å². The number of hydrogen-bond donors (Lipinski definition) is 0. The molecule has 0 radical (unpaired) electrons. The molecule has 0 bridgehead atoms. The van der Waals surface area contributed by atoms with E-state index in [1.807, 2.05) is 0 Å². The Morgan fingerprint density at radius 1 is 1.00 bits per heavy atom. The van der Waals surface area contributed by atoms with Crippen LogP contribution in [0.3, 0.4) is 0 Å². The molecule has 0 aromatic heterocycles. The van der Waals surface area contributed by atoms with Gasteiger partial charge in [-0.2, -0.15) is 0 Å². The maximum atomic E-state index is 2.55. The first-order valence-electron chi connectivity index (χ1n) is 9.59. The lowest BCUT2D eigenvalue weighted by Gasteiger charge is -2.37. The van der Waals surface area contributed by atoms with Crippen LogP contribution in [-0.2, 0) is 6.42 Å². The fraction of sp³-hybridized carbons (Fsp3) is 0.714. The molecule has 0 spiro atoms. The van der Waals surface area contributed by atoms with Crippen molar-refractivity contribution in [2.75, 3.05) is 0 Å². The Morgan fingerprint density at radius 3 is 2.45 bits per heavy atom. The van der Waals surface area contributed by atoms with Crippen LogP contribution in [0.5, 0.6) is 0 Å². The summed E-state index contributed by atoms with van der Waals surface area (Å²) < 4.78 is 0. The SMILES string of the molecule is CCCCCCC[C@@H]1c2ccccc2CC[C@H]1C[Si](C)(C)C. The van der Waals surface area contributed by atoms with Gasteiger partial charge >= 0.3 is 0 Å². The van der Waals surface area contributed by atoms with Gasteiger partial charge in [0.15, 0.2) is 0 Å². The maximum Gasteiger partial charge on any atom is 0.0445 e. The van der Waals surface area contributed by atoms with Gasteiger partial charge in [-0.1, -0.05) is 89.0 Å². The van der Waals surface area contributed by atoms with Gasteiger partial charge in [0, 0.05) is 8.07 Å². The highest BCUT2D eigenvalue weighted by atomic mass is 28.3. The van der Waals surface area contributed by atoms with Gasteiger partial charge in [-0.3, -0.25) is 0 Å². The monoisotopic (exact) mass is 316 g/mol. The molecule has 0 amide bonds. The Labute approximate surface area is 139 Å². The predicted octanol–water partition coefficient (Wildman–Crippen LogP) is 7.03. The van der Waals surface area contributed by atoms with Crippen molar-refractivity contribution in [2.45, 2.75) is 89.9 Å². The highest BCUT2D eigenvalue weighted by molar-refractivity contribution is 6.76. The van der Waals surface area contributed by atoms with Crippen molar-refractivity contribution < 1.29 is 0 Å². The van der Waals surface area contributed by atoms with Crippen LogP contribution in [0.15, 0.2) is 24.3 Å². The van der Waals surface area contributed by atoms with Gasteiger partial charge in [-0.05, 0) is 42.2 Å². The fourth-order valence-corrected chi connectivity index (χ4v) is 6.37.